The van der Waals surface area contributed by atoms with Gasteiger partial charge in [0, 0.05) is 30.4 Å². The Bertz CT molecular complexity index is 1430. The molecule has 8 nitrogen and oxygen atoms in total. The van der Waals surface area contributed by atoms with Crippen LogP contribution in [0.15, 0.2) is 66.7 Å². The van der Waals surface area contributed by atoms with Crippen LogP contribution in [0.1, 0.15) is 30.0 Å². The van der Waals surface area contributed by atoms with Crippen LogP contribution in [-0.2, 0) is 20.8 Å². The second kappa shape index (κ2) is 11.9. The van der Waals surface area contributed by atoms with E-state index in [-0.39, 0.29) is 12.3 Å². The summed E-state index contributed by atoms with van der Waals surface area (Å²) in [4.78, 5) is 40.5. The quantitative estimate of drug-likeness (QED) is 0.329. The van der Waals surface area contributed by atoms with Gasteiger partial charge in [-0.2, -0.15) is 0 Å². The zero-order valence-electron chi connectivity index (χ0n) is 22.1. The minimum absolute atomic E-state index is 0.0565. The van der Waals surface area contributed by atoms with E-state index in [2.05, 4.69) is 15.5 Å². The number of nitrogens with one attached hydrogen (secondary N) is 2. The van der Waals surface area contributed by atoms with Gasteiger partial charge < -0.3 is 25.5 Å². The topological polar surface area (TPSA) is 102 Å². The van der Waals surface area contributed by atoms with Crippen LogP contribution in [0.25, 0.3) is 11.3 Å². The monoisotopic (exact) mass is 530 g/mol. The summed E-state index contributed by atoms with van der Waals surface area (Å²) in [5.74, 6) is -1.89. The average molecular weight is 531 g/mol. The highest BCUT2D eigenvalue weighted by molar-refractivity contribution is 6.37. The summed E-state index contributed by atoms with van der Waals surface area (Å²) < 4.78 is 13.9. The molecule has 0 radical (unpaired) electrons. The van der Waals surface area contributed by atoms with Crippen LogP contribution in [0.2, 0.25) is 0 Å². The molecule has 1 aliphatic heterocycles. The van der Waals surface area contributed by atoms with E-state index in [0.717, 1.165) is 18.7 Å². The number of carboxylic acid groups (broad SMARTS) is 1. The lowest BCUT2D eigenvalue weighted by molar-refractivity contribution is -0.136. The van der Waals surface area contributed by atoms with Gasteiger partial charge in [-0.25, -0.2) is 4.39 Å². The van der Waals surface area contributed by atoms with Crippen LogP contribution in [0.4, 0.5) is 21.5 Å². The summed E-state index contributed by atoms with van der Waals surface area (Å²) in [5, 5.41) is 15.3. The zero-order valence-corrected chi connectivity index (χ0v) is 22.1. The van der Waals surface area contributed by atoms with E-state index in [0.29, 0.717) is 45.9 Å². The number of fused-ring (bicyclic) bond motifs is 1. The largest absolute Gasteiger partial charge is 0.481 e. The minimum Gasteiger partial charge on any atom is -0.481 e. The van der Waals surface area contributed by atoms with E-state index in [1.54, 1.807) is 35.2 Å². The Hall–Kier alpha value is -4.50. The third-order valence-corrected chi connectivity index (χ3v) is 6.36. The van der Waals surface area contributed by atoms with Gasteiger partial charge in [-0.15, -0.1) is 0 Å². The molecule has 1 heterocycles. The molecule has 3 aromatic rings. The van der Waals surface area contributed by atoms with Gasteiger partial charge in [-0.05, 0) is 86.7 Å². The predicted octanol–water partition coefficient (Wildman–Crippen LogP) is 4.69. The van der Waals surface area contributed by atoms with Crippen LogP contribution < -0.4 is 15.5 Å². The molecule has 0 unspecified atom stereocenters. The number of carbonyl (C=O) groups excluding carboxylic acids is 2. The molecule has 9 heteroatoms. The number of nitrogens with zero attached hydrogens (tertiary/aromatic N) is 2. The highest BCUT2D eigenvalue weighted by atomic mass is 19.1. The Labute approximate surface area is 226 Å². The number of benzene rings is 3. The van der Waals surface area contributed by atoms with Gasteiger partial charge in [0.05, 0.1) is 23.4 Å². The molecule has 0 aromatic heterocycles. The Kier molecular flexibility index (Phi) is 8.41. The van der Waals surface area contributed by atoms with Crippen LogP contribution in [0.5, 0.6) is 0 Å². The number of hydrogen-bond donors (Lipinski definition) is 3. The molecule has 0 saturated carbocycles. The fourth-order valence-corrected chi connectivity index (χ4v) is 4.57. The summed E-state index contributed by atoms with van der Waals surface area (Å²) in [5.41, 5.74) is 4.25. The molecule has 0 saturated heterocycles. The maximum absolute atomic E-state index is 13.9. The van der Waals surface area contributed by atoms with Crippen molar-refractivity contribution in [3.8, 4) is 0 Å². The number of aliphatic carboxylic acids is 1. The van der Waals surface area contributed by atoms with Crippen LogP contribution >= 0.6 is 0 Å². The van der Waals surface area contributed by atoms with Gasteiger partial charge in [0.15, 0.2) is 0 Å². The van der Waals surface area contributed by atoms with Crippen molar-refractivity contribution < 1.29 is 23.9 Å². The Morgan fingerprint density at radius 3 is 2.41 bits per heavy atom. The second-order valence-corrected chi connectivity index (χ2v) is 9.66. The fraction of sp³-hybridized carbons (Fsp3) is 0.233. The number of carboxylic acids is 1. The molecule has 39 heavy (non-hydrogen) atoms. The normalized spacial score (nSPS) is 13.6. The number of carbonyl (C=O) groups is 3. The first-order valence-electron chi connectivity index (χ1n) is 12.6. The van der Waals surface area contributed by atoms with Crippen molar-refractivity contribution >= 4 is 46.1 Å². The van der Waals surface area contributed by atoms with Gasteiger partial charge in [0.2, 0.25) is 5.91 Å². The first-order valence-corrected chi connectivity index (χ1v) is 12.6. The fourth-order valence-electron chi connectivity index (χ4n) is 4.57. The number of halogens is 1. The van der Waals surface area contributed by atoms with Crippen LogP contribution in [0.3, 0.4) is 0 Å². The molecule has 2 amide bonds. The standard InChI is InChI=1S/C30H31FN4O4/c1-19(36)35(15-5-14-34(2)3)24-11-9-23(10-12-24)32-29(21-7-4-6-20(16-21)17-27(37)38)28-25-13-8-22(31)18-26(25)33-30(28)39/h4,6-13,16,18,32H,5,14-15,17H2,1-3H3,(H,33,39)(H,37,38)/b29-28-. The molecule has 0 fully saturated rings. The average Bonchev–Trinajstić information content (AvgIpc) is 3.19. The highest BCUT2D eigenvalue weighted by Crippen LogP contribution is 2.38. The van der Waals surface area contributed by atoms with Gasteiger partial charge in [-0.1, -0.05) is 18.2 Å². The van der Waals surface area contributed by atoms with Crippen LogP contribution in [-0.4, -0.2) is 55.0 Å². The molecule has 3 aromatic carbocycles. The lowest BCUT2D eigenvalue weighted by atomic mass is 9.98. The van der Waals surface area contributed by atoms with Crippen molar-refractivity contribution in [1.29, 1.82) is 0 Å². The molecule has 4 rings (SSSR count). The number of hydrogen-bond acceptors (Lipinski definition) is 5. The molecule has 0 aliphatic carbocycles. The smallest absolute Gasteiger partial charge is 0.307 e. The predicted molar refractivity (Wildman–Crippen MR) is 151 cm³/mol. The van der Waals surface area contributed by atoms with E-state index in [4.69, 9.17) is 0 Å². The molecule has 0 spiro atoms. The van der Waals surface area contributed by atoms with Crippen molar-refractivity contribution in [3.05, 3.63) is 89.2 Å². The summed E-state index contributed by atoms with van der Waals surface area (Å²) in [6, 6.07) is 18.3. The van der Waals surface area contributed by atoms with E-state index in [1.807, 2.05) is 38.4 Å². The van der Waals surface area contributed by atoms with Crippen molar-refractivity contribution in [1.82, 2.24) is 4.90 Å². The minimum atomic E-state index is -0.968. The first-order chi connectivity index (χ1) is 18.6. The van der Waals surface area contributed by atoms with Gasteiger partial charge in [0.1, 0.15) is 5.82 Å². The number of anilines is 3. The Morgan fingerprint density at radius 1 is 1.00 bits per heavy atom. The molecule has 3 N–H and O–H groups in total. The molecule has 202 valence electrons. The van der Waals surface area contributed by atoms with Crippen molar-refractivity contribution in [2.45, 2.75) is 19.8 Å². The summed E-state index contributed by atoms with van der Waals surface area (Å²) >= 11 is 0. The third kappa shape index (κ3) is 6.69. The van der Waals surface area contributed by atoms with Crippen molar-refractivity contribution in [2.24, 2.45) is 0 Å². The number of rotatable bonds is 10. The summed E-state index contributed by atoms with van der Waals surface area (Å²) in [6.45, 7) is 2.97. The van der Waals surface area contributed by atoms with Crippen LogP contribution in [0, 0.1) is 5.82 Å². The van der Waals surface area contributed by atoms with Crippen molar-refractivity contribution in [3.63, 3.8) is 0 Å². The maximum atomic E-state index is 13.9. The molecule has 0 bridgehead atoms. The Balaban J connectivity index is 1.72. The lowest BCUT2D eigenvalue weighted by Crippen LogP contribution is -2.31. The molecule has 1 aliphatic rings. The summed E-state index contributed by atoms with van der Waals surface area (Å²) in [7, 11) is 3.98. The zero-order chi connectivity index (χ0) is 28.1. The second-order valence-electron chi connectivity index (χ2n) is 9.66. The van der Waals surface area contributed by atoms with Gasteiger partial charge in [-0.3, -0.25) is 14.4 Å². The first kappa shape index (κ1) is 27.5. The summed E-state index contributed by atoms with van der Waals surface area (Å²) in [6.07, 6.45) is 0.651. The third-order valence-electron chi connectivity index (χ3n) is 6.36. The molecule has 0 atom stereocenters. The van der Waals surface area contributed by atoms with E-state index < -0.39 is 17.7 Å². The SMILES string of the molecule is CC(=O)N(CCCN(C)C)c1ccc(N/C(=C2\C(=O)Nc3cc(F)ccc32)c2cccc(CC(=O)O)c2)cc1. The molecular formula is C30H31FN4O4. The molecular weight excluding hydrogens is 499 g/mol. The van der Waals surface area contributed by atoms with Gasteiger partial charge >= 0.3 is 5.97 Å². The maximum Gasteiger partial charge on any atom is 0.307 e. The van der Waals surface area contributed by atoms with Crippen molar-refractivity contribution in [2.75, 3.05) is 42.7 Å². The van der Waals surface area contributed by atoms with Gasteiger partial charge in [0.25, 0.3) is 5.91 Å². The highest BCUT2D eigenvalue weighted by Gasteiger charge is 2.29. The number of amides is 2. The van der Waals surface area contributed by atoms with E-state index in [9.17, 15) is 23.9 Å². The Morgan fingerprint density at radius 2 is 1.74 bits per heavy atom. The van der Waals surface area contributed by atoms with E-state index >= 15 is 0 Å². The lowest BCUT2D eigenvalue weighted by Gasteiger charge is -2.23. The van der Waals surface area contributed by atoms with E-state index in [1.165, 1.54) is 19.1 Å².